The van der Waals surface area contributed by atoms with Crippen molar-refractivity contribution in [1.29, 1.82) is 0 Å². The van der Waals surface area contributed by atoms with Gasteiger partial charge in [0, 0.05) is 66.5 Å². The molecule has 0 atom stereocenters. The van der Waals surface area contributed by atoms with Gasteiger partial charge in [-0.2, -0.15) is 0 Å². The number of thioether (sulfide) groups is 1. The lowest BCUT2D eigenvalue weighted by Gasteiger charge is -2.36. The molecule has 8 nitrogen and oxygen atoms in total. The minimum absolute atomic E-state index is 0.0543. The minimum Gasteiger partial charge on any atom is -0.368 e. The maximum atomic E-state index is 13.3. The lowest BCUT2D eigenvalue weighted by molar-refractivity contribution is -0.384. The molecule has 0 radical (unpaired) electrons. The van der Waals surface area contributed by atoms with E-state index in [9.17, 15) is 19.7 Å². The van der Waals surface area contributed by atoms with Crippen LogP contribution in [0.3, 0.4) is 0 Å². The first kappa shape index (κ1) is 24.9. The van der Waals surface area contributed by atoms with Crippen molar-refractivity contribution < 1.29 is 14.5 Å². The van der Waals surface area contributed by atoms with Gasteiger partial charge in [-0.05, 0) is 54.1 Å². The number of halogens is 1. The van der Waals surface area contributed by atoms with Gasteiger partial charge in [0.15, 0.2) is 0 Å². The number of fused-ring (bicyclic) bond motifs is 1. The zero-order chi connectivity index (χ0) is 26.1. The number of non-ortho nitro benzene ring substituents is 1. The van der Waals surface area contributed by atoms with E-state index in [0.717, 1.165) is 16.1 Å². The van der Waals surface area contributed by atoms with E-state index in [1.54, 1.807) is 53.2 Å². The lowest BCUT2D eigenvalue weighted by Crippen LogP contribution is -2.48. The molecule has 0 bridgehead atoms. The molecule has 2 aliphatic heterocycles. The monoisotopic (exact) mass is 534 g/mol. The number of anilines is 2. The first-order chi connectivity index (χ1) is 17.8. The highest BCUT2D eigenvalue weighted by Crippen LogP contribution is 2.42. The molecular weight excluding hydrogens is 512 g/mol. The molecule has 0 N–H and O–H groups in total. The number of carbonyl (C=O) groups is 2. The van der Waals surface area contributed by atoms with Crippen LogP contribution in [0.5, 0.6) is 0 Å². The second-order valence-corrected chi connectivity index (χ2v) is 10.3. The van der Waals surface area contributed by atoms with Gasteiger partial charge in [-0.3, -0.25) is 19.7 Å². The third-order valence-corrected chi connectivity index (χ3v) is 7.75. The van der Waals surface area contributed by atoms with Crippen molar-refractivity contribution in [2.24, 2.45) is 0 Å². The molecule has 0 spiro atoms. The second-order valence-electron chi connectivity index (χ2n) is 8.77. The van der Waals surface area contributed by atoms with Crippen LogP contribution in [-0.4, -0.2) is 54.9 Å². The number of piperazine rings is 1. The molecule has 3 aromatic rings. The standard InChI is InChI=1S/C27H23ClN4O4S/c1-29-23-17-19(5-10-24(23)37-25(27(29)34)16-18-3-2-4-20(28)15-18)26(33)31-13-11-30(12-14-31)21-6-8-22(9-7-21)32(35)36/h2-10,15-17H,11-14H2,1H3/b25-16-. The summed E-state index contributed by atoms with van der Waals surface area (Å²) in [5, 5.41) is 11.5. The molecule has 2 aliphatic rings. The Morgan fingerprint density at radius 2 is 1.76 bits per heavy atom. The molecule has 0 aromatic heterocycles. The van der Waals surface area contributed by atoms with Gasteiger partial charge in [-0.25, -0.2) is 0 Å². The number of rotatable bonds is 4. The van der Waals surface area contributed by atoms with Gasteiger partial charge in [-0.1, -0.05) is 35.5 Å². The highest BCUT2D eigenvalue weighted by Gasteiger charge is 2.29. The summed E-state index contributed by atoms with van der Waals surface area (Å²) in [4.78, 5) is 43.8. The molecule has 0 aliphatic carbocycles. The third kappa shape index (κ3) is 5.19. The first-order valence-electron chi connectivity index (χ1n) is 11.7. The van der Waals surface area contributed by atoms with Crippen LogP contribution >= 0.6 is 23.4 Å². The fraction of sp³-hybridized carbons (Fsp3) is 0.185. The van der Waals surface area contributed by atoms with Crippen LogP contribution in [-0.2, 0) is 4.79 Å². The summed E-state index contributed by atoms with van der Waals surface area (Å²) in [6.07, 6.45) is 1.82. The SMILES string of the molecule is CN1C(=O)/C(=C/c2cccc(Cl)c2)Sc2ccc(C(=O)N3CCN(c4ccc([N+](=O)[O-])cc4)CC3)cc21. The molecule has 10 heteroatoms. The zero-order valence-corrected chi connectivity index (χ0v) is 21.5. The quantitative estimate of drug-likeness (QED) is 0.256. The van der Waals surface area contributed by atoms with E-state index in [4.69, 9.17) is 11.6 Å². The Balaban J connectivity index is 1.28. The fourth-order valence-electron chi connectivity index (χ4n) is 4.41. The number of carbonyl (C=O) groups excluding carboxylic acids is 2. The van der Waals surface area contributed by atoms with E-state index in [1.165, 1.54) is 23.9 Å². The summed E-state index contributed by atoms with van der Waals surface area (Å²) >= 11 is 7.46. The number of hydrogen-bond acceptors (Lipinski definition) is 6. The highest BCUT2D eigenvalue weighted by molar-refractivity contribution is 8.04. The Labute approximate surface area is 223 Å². The van der Waals surface area contributed by atoms with E-state index in [-0.39, 0.29) is 17.5 Å². The second kappa shape index (κ2) is 10.3. The molecule has 5 rings (SSSR count). The predicted octanol–water partition coefficient (Wildman–Crippen LogP) is 5.32. The van der Waals surface area contributed by atoms with E-state index in [2.05, 4.69) is 4.90 Å². The van der Waals surface area contributed by atoms with Crippen molar-refractivity contribution >= 4 is 58.3 Å². The van der Waals surface area contributed by atoms with Crippen molar-refractivity contribution in [1.82, 2.24) is 4.90 Å². The fourth-order valence-corrected chi connectivity index (χ4v) is 5.70. The Hall–Kier alpha value is -3.82. The molecule has 188 valence electrons. The molecule has 1 fully saturated rings. The van der Waals surface area contributed by atoms with Crippen LogP contribution < -0.4 is 9.80 Å². The van der Waals surface area contributed by atoms with Crippen molar-refractivity contribution in [3.63, 3.8) is 0 Å². The number of amides is 2. The van der Waals surface area contributed by atoms with E-state index < -0.39 is 4.92 Å². The summed E-state index contributed by atoms with van der Waals surface area (Å²) < 4.78 is 0. The molecular formula is C27H23ClN4O4S. The van der Waals surface area contributed by atoms with Gasteiger partial charge >= 0.3 is 0 Å². The first-order valence-corrected chi connectivity index (χ1v) is 12.9. The molecule has 2 amide bonds. The van der Waals surface area contributed by atoms with E-state index in [0.29, 0.717) is 47.4 Å². The molecule has 0 unspecified atom stereocenters. The predicted molar refractivity (Wildman–Crippen MR) is 146 cm³/mol. The number of likely N-dealkylation sites (N-methyl/N-ethyl adjacent to an activating group) is 1. The summed E-state index contributed by atoms with van der Waals surface area (Å²) in [6, 6.07) is 19.2. The Bertz CT molecular complexity index is 1420. The van der Waals surface area contributed by atoms with Gasteiger partial charge in [-0.15, -0.1) is 0 Å². The number of nitro benzene ring substituents is 1. The number of benzene rings is 3. The Kier molecular flexibility index (Phi) is 6.90. The van der Waals surface area contributed by atoms with Crippen LogP contribution in [0.25, 0.3) is 6.08 Å². The number of nitrogens with zero attached hydrogens (tertiary/aromatic N) is 4. The average Bonchev–Trinajstić information content (AvgIpc) is 2.91. The summed E-state index contributed by atoms with van der Waals surface area (Å²) in [7, 11) is 1.71. The van der Waals surface area contributed by atoms with Crippen LogP contribution in [0.2, 0.25) is 5.02 Å². The molecule has 2 heterocycles. The van der Waals surface area contributed by atoms with Crippen molar-refractivity contribution in [2.75, 3.05) is 43.0 Å². The summed E-state index contributed by atoms with van der Waals surface area (Å²) in [6.45, 7) is 2.31. The van der Waals surface area contributed by atoms with E-state index >= 15 is 0 Å². The van der Waals surface area contributed by atoms with E-state index in [1.807, 2.05) is 24.3 Å². The average molecular weight is 535 g/mol. The van der Waals surface area contributed by atoms with Gasteiger partial charge in [0.05, 0.1) is 15.5 Å². The van der Waals surface area contributed by atoms with Gasteiger partial charge < -0.3 is 14.7 Å². The normalized spacial score (nSPS) is 16.6. The highest BCUT2D eigenvalue weighted by atomic mass is 35.5. The lowest BCUT2D eigenvalue weighted by atomic mass is 10.1. The summed E-state index contributed by atoms with van der Waals surface area (Å²) in [5.74, 6) is -0.226. The molecule has 37 heavy (non-hydrogen) atoms. The smallest absolute Gasteiger partial charge is 0.269 e. The van der Waals surface area contributed by atoms with Crippen LogP contribution in [0.4, 0.5) is 17.1 Å². The molecule has 1 saturated heterocycles. The maximum absolute atomic E-state index is 13.3. The summed E-state index contributed by atoms with van der Waals surface area (Å²) in [5.41, 5.74) is 3.03. The van der Waals surface area contributed by atoms with Gasteiger partial charge in [0.1, 0.15) is 0 Å². The number of nitro groups is 1. The van der Waals surface area contributed by atoms with Crippen LogP contribution in [0.15, 0.2) is 76.5 Å². The topological polar surface area (TPSA) is 87.0 Å². The maximum Gasteiger partial charge on any atom is 0.269 e. The Morgan fingerprint density at radius 1 is 1.03 bits per heavy atom. The molecule has 0 saturated carbocycles. The largest absolute Gasteiger partial charge is 0.368 e. The van der Waals surface area contributed by atoms with Crippen molar-refractivity contribution in [3.05, 3.63) is 97.9 Å². The zero-order valence-electron chi connectivity index (χ0n) is 20.0. The van der Waals surface area contributed by atoms with Crippen LogP contribution in [0.1, 0.15) is 15.9 Å². The van der Waals surface area contributed by atoms with Crippen LogP contribution in [0, 0.1) is 10.1 Å². The number of hydrogen-bond donors (Lipinski definition) is 0. The Morgan fingerprint density at radius 3 is 2.43 bits per heavy atom. The minimum atomic E-state index is -0.418. The third-order valence-electron chi connectivity index (χ3n) is 6.44. The van der Waals surface area contributed by atoms with Crippen molar-refractivity contribution in [2.45, 2.75) is 4.90 Å². The molecule has 3 aromatic carbocycles. The van der Waals surface area contributed by atoms with Gasteiger partial charge in [0.25, 0.3) is 17.5 Å². The van der Waals surface area contributed by atoms with Crippen molar-refractivity contribution in [3.8, 4) is 0 Å². The van der Waals surface area contributed by atoms with Gasteiger partial charge in [0.2, 0.25) is 0 Å².